The van der Waals surface area contributed by atoms with E-state index in [9.17, 15) is 0 Å². The van der Waals surface area contributed by atoms with Crippen LogP contribution in [0.4, 0.5) is 11.5 Å². The molecule has 3 aromatic rings. The second-order valence-electron chi connectivity index (χ2n) is 4.00. The normalized spacial score (nSPS) is 10.6. The van der Waals surface area contributed by atoms with Crippen LogP contribution in [-0.2, 0) is 0 Å². The van der Waals surface area contributed by atoms with Gasteiger partial charge in [-0.3, -0.25) is 4.98 Å². The number of fused-ring (bicyclic) bond motifs is 1. The van der Waals surface area contributed by atoms with Gasteiger partial charge in [0.2, 0.25) is 0 Å². The molecule has 0 bridgehead atoms. The molecule has 19 heavy (non-hydrogen) atoms. The number of hydrogen-bond acceptors (Lipinski definition) is 3. The van der Waals surface area contributed by atoms with Crippen LogP contribution in [0.2, 0.25) is 10.0 Å². The topological polar surface area (TPSA) is 37.8 Å². The molecule has 0 aliphatic heterocycles. The largest absolute Gasteiger partial charge is 0.339 e. The summed E-state index contributed by atoms with van der Waals surface area (Å²) in [5, 5.41) is 4.17. The van der Waals surface area contributed by atoms with Gasteiger partial charge in [0, 0.05) is 5.69 Å². The predicted octanol–water partition coefficient (Wildman–Crippen LogP) is 4.68. The molecule has 2 aromatic carbocycles. The smallest absolute Gasteiger partial charge is 0.149 e. The molecule has 94 valence electrons. The first-order chi connectivity index (χ1) is 9.22. The Kier molecular flexibility index (Phi) is 3.23. The van der Waals surface area contributed by atoms with Crippen molar-refractivity contribution in [2.24, 2.45) is 0 Å². The Hall–Kier alpha value is -1.84. The second-order valence-corrected chi connectivity index (χ2v) is 4.81. The fourth-order valence-electron chi connectivity index (χ4n) is 1.74. The Labute approximate surface area is 120 Å². The van der Waals surface area contributed by atoms with Crippen LogP contribution in [0.25, 0.3) is 11.0 Å². The molecule has 0 saturated carbocycles. The van der Waals surface area contributed by atoms with Crippen molar-refractivity contribution in [3.8, 4) is 0 Å². The second kappa shape index (κ2) is 5.03. The Morgan fingerprint density at radius 3 is 2.47 bits per heavy atom. The molecular weight excluding hydrogens is 281 g/mol. The highest BCUT2D eigenvalue weighted by Gasteiger charge is 2.02. The van der Waals surface area contributed by atoms with E-state index in [-0.39, 0.29) is 0 Å². The summed E-state index contributed by atoms with van der Waals surface area (Å²) < 4.78 is 0. The third-order valence-electron chi connectivity index (χ3n) is 2.64. The number of nitrogens with one attached hydrogen (secondary N) is 1. The first-order valence-electron chi connectivity index (χ1n) is 5.66. The zero-order valence-corrected chi connectivity index (χ0v) is 11.3. The van der Waals surface area contributed by atoms with Gasteiger partial charge in [-0.15, -0.1) is 0 Å². The lowest BCUT2D eigenvalue weighted by Gasteiger charge is -2.07. The van der Waals surface area contributed by atoms with Crippen LogP contribution < -0.4 is 5.32 Å². The molecule has 0 aliphatic rings. The average molecular weight is 290 g/mol. The van der Waals surface area contributed by atoms with Gasteiger partial charge in [0.05, 0.1) is 27.3 Å². The molecule has 5 heteroatoms. The van der Waals surface area contributed by atoms with Gasteiger partial charge < -0.3 is 5.32 Å². The van der Waals surface area contributed by atoms with E-state index in [1.54, 1.807) is 18.3 Å². The maximum absolute atomic E-state index is 5.97. The molecule has 1 N–H and O–H groups in total. The summed E-state index contributed by atoms with van der Waals surface area (Å²) >= 11 is 11.8. The minimum Gasteiger partial charge on any atom is -0.339 e. The summed E-state index contributed by atoms with van der Waals surface area (Å²) in [4.78, 5) is 8.81. The van der Waals surface area contributed by atoms with Crippen molar-refractivity contribution >= 4 is 45.7 Å². The fraction of sp³-hybridized carbons (Fsp3) is 0. The molecule has 0 fully saturated rings. The highest BCUT2D eigenvalue weighted by molar-refractivity contribution is 6.42. The predicted molar refractivity (Wildman–Crippen MR) is 79.3 cm³/mol. The molecule has 0 saturated heterocycles. The summed E-state index contributed by atoms with van der Waals surface area (Å²) in [6, 6.07) is 13.0. The van der Waals surface area contributed by atoms with Gasteiger partial charge in [-0.2, -0.15) is 0 Å². The van der Waals surface area contributed by atoms with Crippen LogP contribution in [0.5, 0.6) is 0 Å². The molecular formula is C14H9Cl2N3. The van der Waals surface area contributed by atoms with Crippen molar-refractivity contribution in [2.75, 3.05) is 5.32 Å². The van der Waals surface area contributed by atoms with Gasteiger partial charge in [0.15, 0.2) is 0 Å². The number of aromatic nitrogens is 2. The quantitative estimate of drug-likeness (QED) is 0.744. The minimum absolute atomic E-state index is 0.500. The number of hydrogen-bond donors (Lipinski definition) is 1. The van der Waals surface area contributed by atoms with Crippen LogP contribution in [0, 0.1) is 0 Å². The molecule has 0 atom stereocenters. The monoisotopic (exact) mass is 289 g/mol. The highest BCUT2D eigenvalue weighted by Crippen LogP contribution is 2.26. The molecule has 1 aromatic heterocycles. The molecule has 3 rings (SSSR count). The van der Waals surface area contributed by atoms with E-state index < -0.39 is 0 Å². The number of halogens is 2. The lowest BCUT2D eigenvalue weighted by Crippen LogP contribution is -1.95. The molecule has 0 aliphatic carbocycles. The Bertz CT molecular complexity index is 744. The first-order valence-corrected chi connectivity index (χ1v) is 6.42. The van der Waals surface area contributed by atoms with Gasteiger partial charge in [-0.05, 0) is 30.3 Å². The molecule has 0 spiro atoms. The van der Waals surface area contributed by atoms with E-state index in [2.05, 4.69) is 15.3 Å². The third-order valence-corrected chi connectivity index (χ3v) is 3.38. The molecule has 0 unspecified atom stereocenters. The van der Waals surface area contributed by atoms with Gasteiger partial charge in [0.25, 0.3) is 0 Å². The summed E-state index contributed by atoms with van der Waals surface area (Å²) in [6.07, 6.45) is 1.69. The fourth-order valence-corrected chi connectivity index (χ4v) is 2.04. The first kappa shape index (κ1) is 12.2. The van der Waals surface area contributed by atoms with Crippen molar-refractivity contribution < 1.29 is 0 Å². The zero-order chi connectivity index (χ0) is 13.2. The Morgan fingerprint density at radius 2 is 1.68 bits per heavy atom. The lowest BCUT2D eigenvalue weighted by molar-refractivity contribution is 1.28. The molecule has 0 radical (unpaired) electrons. The van der Waals surface area contributed by atoms with Crippen molar-refractivity contribution in [1.82, 2.24) is 9.97 Å². The van der Waals surface area contributed by atoms with Gasteiger partial charge in [-0.25, -0.2) is 4.98 Å². The van der Waals surface area contributed by atoms with Gasteiger partial charge >= 0.3 is 0 Å². The number of nitrogens with zero attached hydrogens (tertiary/aromatic N) is 2. The molecule has 0 amide bonds. The summed E-state index contributed by atoms with van der Waals surface area (Å²) in [7, 11) is 0. The third kappa shape index (κ3) is 2.62. The number of rotatable bonds is 2. The van der Waals surface area contributed by atoms with Crippen molar-refractivity contribution in [3.05, 3.63) is 58.7 Å². The Morgan fingerprint density at radius 1 is 0.895 bits per heavy atom. The standard InChI is InChI=1S/C14H9Cl2N3/c15-10-6-5-9(7-11(10)16)18-14-8-17-12-3-1-2-4-13(12)19-14/h1-8H,(H,18,19). The number of benzene rings is 2. The summed E-state index contributed by atoms with van der Waals surface area (Å²) in [5.74, 6) is 0.664. The van der Waals surface area contributed by atoms with Crippen LogP contribution >= 0.6 is 23.2 Å². The van der Waals surface area contributed by atoms with E-state index in [1.807, 2.05) is 30.3 Å². The van der Waals surface area contributed by atoms with E-state index in [4.69, 9.17) is 23.2 Å². The van der Waals surface area contributed by atoms with E-state index in [0.29, 0.717) is 15.9 Å². The average Bonchev–Trinajstić information content (AvgIpc) is 2.43. The van der Waals surface area contributed by atoms with Crippen LogP contribution in [-0.4, -0.2) is 9.97 Å². The van der Waals surface area contributed by atoms with Gasteiger partial charge in [-0.1, -0.05) is 35.3 Å². The Balaban J connectivity index is 1.94. The summed E-state index contributed by atoms with van der Waals surface area (Å²) in [5.41, 5.74) is 2.52. The van der Waals surface area contributed by atoms with Crippen LogP contribution in [0.15, 0.2) is 48.7 Å². The molecule has 1 heterocycles. The maximum atomic E-state index is 5.97. The number of para-hydroxylation sites is 2. The van der Waals surface area contributed by atoms with E-state index >= 15 is 0 Å². The lowest BCUT2D eigenvalue weighted by atomic mass is 10.3. The van der Waals surface area contributed by atoms with Crippen molar-refractivity contribution in [1.29, 1.82) is 0 Å². The maximum Gasteiger partial charge on any atom is 0.149 e. The van der Waals surface area contributed by atoms with Gasteiger partial charge in [0.1, 0.15) is 5.82 Å². The summed E-state index contributed by atoms with van der Waals surface area (Å²) in [6.45, 7) is 0. The highest BCUT2D eigenvalue weighted by atomic mass is 35.5. The van der Waals surface area contributed by atoms with Crippen molar-refractivity contribution in [2.45, 2.75) is 0 Å². The SMILES string of the molecule is Clc1ccc(Nc2cnc3ccccc3n2)cc1Cl. The van der Waals surface area contributed by atoms with Crippen molar-refractivity contribution in [3.63, 3.8) is 0 Å². The van der Waals surface area contributed by atoms with Crippen LogP contribution in [0.1, 0.15) is 0 Å². The molecule has 3 nitrogen and oxygen atoms in total. The van der Waals surface area contributed by atoms with E-state index in [0.717, 1.165) is 16.7 Å². The number of anilines is 2. The zero-order valence-electron chi connectivity index (χ0n) is 9.77. The van der Waals surface area contributed by atoms with Crippen LogP contribution in [0.3, 0.4) is 0 Å². The minimum atomic E-state index is 0.500. The van der Waals surface area contributed by atoms with E-state index in [1.165, 1.54) is 0 Å².